The number of halogens is 2. The van der Waals surface area contributed by atoms with Crippen molar-refractivity contribution in [2.24, 2.45) is 0 Å². The minimum atomic E-state index is -0.0876. The highest BCUT2D eigenvalue weighted by Crippen LogP contribution is 2.19. The van der Waals surface area contributed by atoms with E-state index in [9.17, 15) is 4.79 Å². The van der Waals surface area contributed by atoms with E-state index in [0.717, 1.165) is 25.2 Å². The van der Waals surface area contributed by atoms with Crippen molar-refractivity contribution in [2.75, 3.05) is 19.6 Å². The number of hydrogen-bond acceptors (Lipinski definition) is 4. The lowest BCUT2D eigenvalue weighted by atomic mass is 10.1. The number of carbonyl (C=O) groups excluding carboxylic acids is 1. The average molecular weight is 370 g/mol. The molecule has 0 spiro atoms. The zero-order valence-electron chi connectivity index (χ0n) is 13.4. The van der Waals surface area contributed by atoms with Crippen LogP contribution in [0.4, 0.5) is 0 Å². The third kappa shape index (κ3) is 4.84. The number of nitrogens with one attached hydrogen (secondary N) is 2. The van der Waals surface area contributed by atoms with Gasteiger partial charge in [-0.25, -0.2) is 4.98 Å². The summed E-state index contributed by atoms with van der Waals surface area (Å²) in [6, 6.07) is 7.28. The number of rotatable bonds is 4. The van der Waals surface area contributed by atoms with Gasteiger partial charge in [0.15, 0.2) is 5.76 Å². The molecule has 5 nitrogen and oxygen atoms in total. The molecule has 1 aliphatic heterocycles. The average Bonchev–Trinajstić information content (AvgIpc) is 3.08. The van der Waals surface area contributed by atoms with E-state index < -0.39 is 0 Å². The standard InChI is InChI=1S/C17H19N3O2.2ClH/c1-12-14(4-5-15(20-12)16-3-2-10-22-16)17(21)19-11-13-6-8-18-9-7-13;;/h2-6,10,18H,7-9,11H2,1H3,(H,19,21);2*1H. The van der Waals surface area contributed by atoms with Crippen molar-refractivity contribution >= 4 is 30.7 Å². The molecule has 0 aliphatic carbocycles. The van der Waals surface area contributed by atoms with E-state index >= 15 is 0 Å². The van der Waals surface area contributed by atoms with Crippen molar-refractivity contribution in [3.8, 4) is 11.5 Å². The highest BCUT2D eigenvalue weighted by molar-refractivity contribution is 5.95. The van der Waals surface area contributed by atoms with Gasteiger partial charge in [0.05, 0.1) is 17.5 Å². The summed E-state index contributed by atoms with van der Waals surface area (Å²) in [5, 5.41) is 6.22. The van der Waals surface area contributed by atoms with Gasteiger partial charge in [0.2, 0.25) is 0 Å². The number of pyridine rings is 1. The Morgan fingerprint density at radius 2 is 2.17 bits per heavy atom. The third-order valence-corrected chi connectivity index (χ3v) is 3.74. The van der Waals surface area contributed by atoms with Crippen LogP contribution in [0.2, 0.25) is 0 Å². The molecule has 7 heteroatoms. The van der Waals surface area contributed by atoms with Crippen LogP contribution >= 0.6 is 24.8 Å². The van der Waals surface area contributed by atoms with Crippen LogP contribution in [0.1, 0.15) is 22.5 Å². The zero-order valence-corrected chi connectivity index (χ0v) is 15.0. The monoisotopic (exact) mass is 369 g/mol. The summed E-state index contributed by atoms with van der Waals surface area (Å²) in [5.74, 6) is 0.616. The fourth-order valence-corrected chi connectivity index (χ4v) is 2.48. The maximum Gasteiger partial charge on any atom is 0.253 e. The van der Waals surface area contributed by atoms with Crippen molar-refractivity contribution in [2.45, 2.75) is 13.3 Å². The second kappa shape index (κ2) is 9.47. The molecule has 0 unspecified atom stereocenters. The van der Waals surface area contributed by atoms with Gasteiger partial charge in [-0.15, -0.1) is 24.8 Å². The normalized spacial score (nSPS) is 13.3. The Kier molecular flexibility index (Phi) is 7.98. The Hall–Kier alpha value is -1.82. The third-order valence-electron chi connectivity index (χ3n) is 3.74. The first-order chi connectivity index (χ1) is 10.7. The van der Waals surface area contributed by atoms with Gasteiger partial charge in [-0.3, -0.25) is 4.79 Å². The van der Waals surface area contributed by atoms with Crippen molar-refractivity contribution < 1.29 is 9.21 Å². The first kappa shape index (κ1) is 20.2. The van der Waals surface area contributed by atoms with Crippen LogP contribution in [-0.4, -0.2) is 30.5 Å². The van der Waals surface area contributed by atoms with Crippen LogP contribution in [0.5, 0.6) is 0 Å². The Morgan fingerprint density at radius 1 is 1.33 bits per heavy atom. The predicted octanol–water partition coefficient (Wildman–Crippen LogP) is 3.14. The van der Waals surface area contributed by atoms with Crippen molar-refractivity contribution in [1.29, 1.82) is 0 Å². The van der Waals surface area contributed by atoms with Crippen LogP contribution in [-0.2, 0) is 0 Å². The van der Waals surface area contributed by atoms with Gasteiger partial charge < -0.3 is 15.1 Å². The number of hydrogen-bond donors (Lipinski definition) is 2. The zero-order chi connectivity index (χ0) is 15.4. The maximum atomic E-state index is 12.3. The molecule has 2 aromatic heterocycles. The Morgan fingerprint density at radius 3 is 2.79 bits per heavy atom. The Labute approximate surface area is 153 Å². The topological polar surface area (TPSA) is 67.2 Å². The minimum absolute atomic E-state index is 0. The number of aryl methyl sites for hydroxylation is 1. The molecule has 3 rings (SSSR count). The van der Waals surface area contributed by atoms with Crippen LogP contribution in [0, 0.1) is 6.92 Å². The molecular weight excluding hydrogens is 349 g/mol. The van der Waals surface area contributed by atoms with E-state index in [2.05, 4.69) is 21.7 Å². The molecule has 24 heavy (non-hydrogen) atoms. The van der Waals surface area contributed by atoms with Crippen LogP contribution in [0.3, 0.4) is 0 Å². The fraction of sp³-hybridized carbons (Fsp3) is 0.294. The van der Waals surface area contributed by atoms with Gasteiger partial charge in [0.1, 0.15) is 5.69 Å². The molecule has 1 amide bonds. The van der Waals surface area contributed by atoms with Gasteiger partial charge in [0.25, 0.3) is 5.91 Å². The molecule has 0 saturated heterocycles. The van der Waals surface area contributed by atoms with Crippen molar-refractivity contribution in [3.63, 3.8) is 0 Å². The van der Waals surface area contributed by atoms with Crippen molar-refractivity contribution in [1.82, 2.24) is 15.6 Å². The van der Waals surface area contributed by atoms with Crippen LogP contribution < -0.4 is 10.6 Å². The van der Waals surface area contributed by atoms with E-state index in [0.29, 0.717) is 23.6 Å². The van der Waals surface area contributed by atoms with E-state index in [1.54, 1.807) is 12.3 Å². The van der Waals surface area contributed by atoms with Gasteiger partial charge >= 0.3 is 0 Å². The summed E-state index contributed by atoms with van der Waals surface area (Å²) in [6.07, 6.45) is 4.73. The molecule has 0 saturated carbocycles. The maximum absolute atomic E-state index is 12.3. The molecule has 0 bridgehead atoms. The lowest BCUT2D eigenvalue weighted by molar-refractivity contribution is 0.0955. The van der Waals surface area contributed by atoms with E-state index in [1.807, 2.05) is 25.1 Å². The fourth-order valence-electron chi connectivity index (χ4n) is 2.48. The summed E-state index contributed by atoms with van der Waals surface area (Å²) in [5.41, 5.74) is 3.31. The number of furan rings is 1. The van der Waals surface area contributed by atoms with E-state index in [-0.39, 0.29) is 30.7 Å². The van der Waals surface area contributed by atoms with Gasteiger partial charge in [-0.05, 0) is 44.2 Å². The molecule has 0 aromatic carbocycles. The number of aromatic nitrogens is 1. The SMILES string of the molecule is Cc1nc(-c2ccco2)ccc1C(=O)NCC1=CCNCC1.Cl.Cl. The number of amides is 1. The molecule has 1 aliphatic rings. The predicted molar refractivity (Wildman–Crippen MR) is 99.1 cm³/mol. The first-order valence-corrected chi connectivity index (χ1v) is 7.42. The molecule has 0 radical (unpaired) electrons. The summed E-state index contributed by atoms with van der Waals surface area (Å²) in [7, 11) is 0. The first-order valence-electron chi connectivity index (χ1n) is 7.42. The summed E-state index contributed by atoms with van der Waals surface area (Å²) in [6.45, 7) is 4.29. The highest BCUT2D eigenvalue weighted by Gasteiger charge is 2.13. The van der Waals surface area contributed by atoms with Gasteiger partial charge in [0, 0.05) is 13.1 Å². The summed E-state index contributed by atoms with van der Waals surface area (Å²) < 4.78 is 5.33. The molecule has 3 heterocycles. The second-order valence-corrected chi connectivity index (χ2v) is 5.31. The molecule has 2 aromatic rings. The molecule has 0 fully saturated rings. The largest absolute Gasteiger partial charge is 0.463 e. The highest BCUT2D eigenvalue weighted by atomic mass is 35.5. The lowest BCUT2D eigenvalue weighted by Crippen LogP contribution is -2.30. The molecular formula is C17H21Cl2N3O2. The Bertz CT molecular complexity index is 700. The van der Waals surface area contributed by atoms with Gasteiger partial charge in [-0.1, -0.05) is 11.6 Å². The minimum Gasteiger partial charge on any atom is -0.463 e. The second-order valence-electron chi connectivity index (χ2n) is 5.31. The summed E-state index contributed by atoms with van der Waals surface area (Å²) in [4.78, 5) is 16.7. The van der Waals surface area contributed by atoms with E-state index in [4.69, 9.17) is 4.42 Å². The van der Waals surface area contributed by atoms with Crippen LogP contribution in [0.15, 0.2) is 46.6 Å². The molecule has 0 atom stereocenters. The summed E-state index contributed by atoms with van der Waals surface area (Å²) >= 11 is 0. The number of nitrogens with zero attached hydrogens (tertiary/aromatic N) is 1. The van der Waals surface area contributed by atoms with E-state index in [1.165, 1.54) is 5.57 Å². The molecule has 2 N–H and O–H groups in total. The van der Waals surface area contributed by atoms with Gasteiger partial charge in [-0.2, -0.15) is 0 Å². The molecule has 130 valence electrons. The van der Waals surface area contributed by atoms with Crippen molar-refractivity contribution in [3.05, 3.63) is 53.4 Å². The smallest absolute Gasteiger partial charge is 0.253 e. The van der Waals surface area contributed by atoms with Crippen LogP contribution in [0.25, 0.3) is 11.5 Å². The number of carbonyl (C=O) groups is 1. The quantitative estimate of drug-likeness (QED) is 0.812. The Balaban J connectivity index is 0.00000144. The lowest BCUT2D eigenvalue weighted by Gasteiger charge is -2.15.